The zero-order chi connectivity index (χ0) is 10.2. The van der Waals surface area contributed by atoms with E-state index in [1.165, 1.54) is 0 Å². The quantitative estimate of drug-likeness (QED) is 0.788. The Bertz CT molecular complexity index is 315. The molecule has 0 spiro atoms. The van der Waals surface area contributed by atoms with E-state index in [4.69, 9.17) is 5.73 Å². The Morgan fingerprint density at radius 2 is 2.29 bits per heavy atom. The third kappa shape index (κ3) is 1.89. The molecule has 0 atom stereocenters. The monoisotopic (exact) mass is 202 g/mol. The van der Waals surface area contributed by atoms with Gasteiger partial charge in [-0.3, -0.25) is 4.68 Å². The van der Waals surface area contributed by atoms with Crippen molar-refractivity contribution < 1.29 is 8.78 Å². The molecule has 1 fully saturated rings. The van der Waals surface area contributed by atoms with E-state index in [9.17, 15) is 8.78 Å². The first-order chi connectivity index (χ1) is 6.59. The molecule has 0 radical (unpaired) electrons. The summed E-state index contributed by atoms with van der Waals surface area (Å²) in [6.45, 7) is 0.851. The van der Waals surface area contributed by atoms with Crippen molar-refractivity contribution in [3.8, 4) is 0 Å². The van der Waals surface area contributed by atoms with E-state index in [-0.39, 0.29) is 18.8 Å². The normalized spacial score (nSPS) is 20.8. The number of aromatic nitrogens is 3. The summed E-state index contributed by atoms with van der Waals surface area (Å²) in [4.78, 5) is 0. The van der Waals surface area contributed by atoms with Gasteiger partial charge in [0.1, 0.15) is 0 Å². The van der Waals surface area contributed by atoms with E-state index in [2.05, 4.69) is 10.3 Å². The Kier molecular flexibility index (Phi) is 2.22. The van der Waals surface area contributed by atoms with Crippen molar-refractivity contribution in [2.24, 2.45) is 11.7 Å². The van der Waals surface area contributed by atoms with Crippen molar-refractivity contribution in [3.63, 3.8) is 0 Å². The molecular formula is C8H12F2N4. The SMILES string of the molecule is NCc1cn(CC2CC(F)(F)C2)nn1. The maximum absolute atomic E-state index is 12.5. The summed E-state index contributed by atoms with van der Waals surface area (Å²) < 4.78 is 26.6. The molecule has 78 valence electrons. The number of halogens is 2. The van der Waals surface area contributed by atoms with Gasteiger partial charge in [0, 0.05) is 32.1 Å². The van der Waals surface area contributed by atoms with Crippen LogP contribution in [0.1, 0.15) is 18.5 Å². The van der Waals surface area contributed by atoms with Gasteiger partial charge in [-0.25, -0.2) is 8.78 Å². The highest BCUT2D eigenvalue weighted by Gasteiger charge is 2.45. The minimum atomic E-state index is -2.46. The van der Waals surface area contributed by atoms with Crippen molar-refractivity contribution in [1.82, 2.24) is 15.0 Å². The van der Waals surface area contributed by atoms with Crippen LogP contribution in [-0.2, 0) is 13.1 Å². The lowest BCUT2D eigenvalue weighted by atomic mass is 9.81. The maximum atomic E-state index is 12.5. The van der Waals surface area contributed by atoms with Crippen molar-refractivity contribution in [2.45, 2.75) is 31.9 Å². The molecule has 1 saturated carbocycles. The second kappa shape index (κ2) is 3.27. The van der Waals surface area contributed by atoms with Gasteiger partial charge >= 0.3 is 0 Å². The highest BCUT2D eigenvalue weighted by atomic mass is 19.3. The molecule has 0 saturated heterocycles. The van der Waals surface area contributed by atoms with Crippen molar-refractivity contribution >= 4 is 0 Å². The van der Waals surface area contributed by atoms with Crippen LogP contribution in [0.15, 0.2) is 6.20 Å². The van der Waals surface area contributed by atoms with Gasteiger partial charge in [0.15, 0.2) is 0 Å². The van der Waals surface area contributed by atoms with Crippen LogP contribution in [-0.4, -0.2) is 20.9 Å². The van der Waals surface area contributed by atoms with Crippen LogP contribution in [0.3, 0.4) is 0 Å². The van der Waals surface area contributed by atoms with Crippen LogP contribution in [0, 0.1) is 5.92 Å². The topological polar surface area (TPSA) is 56.7 Å². The average Bonchev–Trinajstić information content (AvgIpc) is 2.49. The lowest BCUT2D eigenvalue weighted by Gasteiger charge is -2.34. The van der Waals surface area contributed by atoms with Crippen LogP contribution in [0.4, 0.5) is 8.78 Å². The zero-order valence-electron chi connectivity index (χ0n) is 7.66. The molecule has 1 aliphatic carbocycles. The predicted molar refractivity (Wildman–Crippen MR) is 45.6 cm³/mol. The summed E-state index contributed by atoms with van der Waals surface area (Å²) in [5.41, 5.74) is 6.04. The lowest BCUT2D eigenvalue weighted by Crippen LogP contribution is -2.37. The summed E-state index contributed by atoms with van der Waals surface area (Å²) in [6, 6.07) is 0. The Hall–Kier alpha value is -1.04. The van der Waals surface area contributed by atoms with E-state index < -0.39 is 5.92 Å². The van der Waals surface area contributed by atoms with E-state index in [1.54, 1.807) is 10.9 Å². The van der Waals surface area contributed by atoms with E-state index in [1.807, 2.05) is 0 Å². The number of nitrogens with zero attached hydrogens (tertiary/aromatic N) is 3. The Labute approximate surface area is 80.1 Å². The molecule has 14 heavy (non-hydrogen) atoms. The lowest BCUT2D eigenvalue weighted by molar-refractivity contribution is -0.114. The number of alkyl halides is 2. The summed E-state index contributed by atoms with van der Waals surface area (Å²) in [5, 5.41) is 7.58. The maximum Gasteiger partial charge on any atom is 0.248 e. The van der Waals surface area contributed by atoms with Crippen LogP contribution in [0.5, 0.6) is 0 Å². The highest BCUT2D eigenvalue weighted by Crippen LogP contribution is 2.42. The first-order valence-electron chi connectivity index (χ1n) is 4.56. The van der Waals surface area contributed by atoms with Gasteiger partial charge in [-0.1, -0.05) is 5.21 Å². The Morgan fingerprint density at radius 1 is 1.57 bits per heavy atom. The second-order valence-corrected chi connectivity index (χ2v) is 3.77. The minimum Gasteiger partial charge on any atom is -0.325 e. The van der Waals surface area contributed by atoms with Gasteiger partial charge in [0.05, 0.1) is 5.69 Å². The van der Waals surface area contributed by atoms with Crippen molar-refractivity contribution in [2.75, 3.05) is 0 Å². The average molecular weight is 202 g/mol. The van der Waals surface area contributed by atoms with Gasteiger partial charge in [-0.2, -0.15) is 0 Å². The van der Waals surface area contributed by atoms with E-state index in [0.29, 0.717) is 18.8 Å². The van der Waals surface area contributed by atoms with Gasteiger partial charge < -0.3 is 5.73 Å². The van der Waals surface area contributed by atoms with Gasteiger partial charge in [-0.05, 0) is 5.92 Å². The molecule has 1 aromatic heterocycles. The van der Waals surface area contributed by atoms with Crippen LogP contribution in [0.2, 0.25) is 0 Å². The molecule has 0 aliphatic heterocycles. The molecule has 1 aliphatic rings. The Balaban J connectivity index is 1.87. The van der Waals surface area contributed by atoms with Crippen molar-refractivity contribution in [1.29, 1.82) is 0 Å². The molecule has 0 aromatic carbocycles. The molecule has 4 nitrogen and oxygen atoms in total. The second-order valence-electron chi connectivity index (χ2n) is 3.77. The first kappa shape index (κ1) is 9.51. The highest BCUT2D eigenvalue weighted by molar-refractivity contribution is 4.92. The number of hydrogen-bond donors (Lipinski definition) is 1. The third-order valence-electron chi connectivity index (χ3n) is 2.42. The fraction of sp³-hybridized carbons (Fsp3) is 0.750. The summed E-state index contributed by atoms with van der Waals surface area (Å²) in [6.07, 6.45) is 1.63. The smallest absolute Gasteiger partial charge is 0.248 e. The molecule has 6 heteroatoms. The number of nitrogens with two attached hydrogens (primary N) is 1. The molecular weight excluding hydrogens is 190 g/mol. The molecule has 2 rings (SSSR count). The number of rotatable bonds is 3. The van der Waals surface area contributed by atoms with Gasteiger partial charge in [0.2, 0.25) is 5.92 Å². The molecule has 2 N–H and O–H groups in total. The third-order valence-corrected chi connectivity index (χ3v) is 2.42. The van der Waals surface area contributed by atoms with Gasteiger partial charge in [-0.15, -0.1) is 5.10 Å². The van der Waals surface area contributed by atoms with Crippen LogP contribution >= 0.6 is 0 Å². The molecule has 0 amide bonds. The molecule has 1 heterocycles. The fourth-order valence-corrected chi connectivity index (χ4v) is 1.70. The molecule has 0 bridgehead atoms. The predicted octanol–water partition coefficient (Wildman–Crippen LogP) is 0.782. The summed E-state index contributed by atoms with van der Waals surface area (Å²) >= 11 is 0. The van der Waals surface area contributed by atoms with Gasteiger partial charge in [0.25, 0.3) is 0 Å². The first-order valence-corrected chi connectivity index (χ1v) is 4.56. The summed E-state index contributed by atoms with van der Waals surface area (Å²) in [5.74, 6) is -2.43. The largest absolute Gasteiger partial charge is 0.325 e. The van der Waals surface area contributed by atoms with E-state index in [0.717, 1.165) is 0 Å². The summed E-state index contributed by atoms with van der Waals surface area (Å²) in [7, 11) is 0. The number of hydrogen-bond acceptors (Lipinski definition) is 3. The fourth-order valence-electron chi connectivity index (χ4n) is 1.70. The minimum absolute atomic E-state index is 0.0253. The van der Waals surface area contributed by atoms with Crippen molar-refractivity contribution in [3.05, 3.63) is 11.9 Å². The zero-order valence-corrected chi connectivity index (χ0v) is 7.66. The standard InChI is InChI=1S/C8H12F2N4/c9-8(10)1-6(2-8)4-14-5-7(3-11)12-13-14/h5-6H,1-4,11H2. The van der Waals surface area contributed by atoms with Crippen LogP contribution in [0.25, 0.3) is 0 Å². The molecule has 0 unspecified atom stereocenters. The Morgan fingerprint density at radius 3 is 2.79 bits per heavy atom. The van der Waals surface area contributed by atoms with Crippen LogP contribution < -0.4 is 5.73 Å². The van der Waals surface area contributed by atoms with E-state index >= 15 is 0 Å². The molecule has 1 aromatic rings.